The largest absolute Gasteiger partial charge is 0.471 e. The van der Waals surface area contributed by atoms with Crippen molar-refractivity contribution in [1.29, 1.82) is 0 Å². The van der Waals surface area contributed by atoms with Crippen LogP contribution in [0, 0.1) is 0 Å². The molecule has 2 aromatic carbocycles. The van der Waals surface area contributed by atoms with Gasteiger partial charge in [0.05, 0.1) is 10.0 Å². The van der Waals surface area contributed by atoms with E-state index in [0.717, 1.165) is 11.1 Å². The number of aromatic nitrogens is 3. The van der Waals surface area contributed by atoms with Gasteiger partial charge in [0.25, 0.3) is 5.91 Å². The zero-order chi connectivity index (χ0) is 20.9. The minimum atomic E-state index is -0.433. The van der Waals surface area contributed by atoms with E-state index >= 15 is 0 Å². The van der Waals surface area contributed by atoms with E-state index in [1.807, 2.05) is 42.5 Å². The van der Waals surface area contributed by atoms with Crippen molar-refractivity contribution in [1.82, 2.24) is 14.8 Å². The molecule has 8 heteroatoms. The summed E-state index contributed by atoms with van der Waals surface area (Å²) in [5.41, 5.74) is 2.46. The van der Waals surface area contributed by atoms with Crippen molar-refractivity contribution in [3.05, 3.63) is 94.9 Å². The lowest BCUT2D eigenvalue weighted by molar-refractivity contribution is 0.102. The van der Waals surface area contributed by atoms with E-state index in [-0.39, 0.29) is 23.3 Å². The maximum absolute atomic E-state index is 12.4. The third kappa shape index (κ3) is 4.79. The van der Waals surface area contributed by atoms with Gasteiger partial charge in [0.15, 0.2) is 18.2 Å². The van der Waals surface area contributed by atoms with Gasteiger partial charge in [-0.2, -0.15) is 5.10 Å². The van der Waals surface area contributed by atoms with Gasteiger partial charge >= 0.3 is 0 Å². The van der Waals surface area contributed by atoms with Crippen LogP contribution < -0.4 is 10.1 Å². The monoisotopic (exact) mass is 438 g/mol. The van der Waals surface area contributed by atoms with Crippen LogP contribution in [0.5, 0.6) is 5.75 Å². The number of rotatable bonds is 6. The third-order valence-electron chi connectivity index (χ3n) is 4.24. The summed E-state index contributed by atoms with van der Waals surface area (Å²) in [5, 5.41) is 7.45. The first-order valence-electron chi connectivity index (χ1n) is 9.02. The van der Waals surface area contributed by atoms with Gasteiger partial charge in [0, 0.05) is 12.4 Å². The van der Waals surface area contributed by atoms with Crippen LogP contribution in [0.4, 0.5) is 5.82 Å². The first-order valence-corrected chi connectivity index (χ1v) is 9.78. The van der Waals surface area contributed by atoms with E-state index in [2.05, 4.69) is 27.5 Å². The van der Waals surface area contributed by atoms with E-state index in [4.69, 9.17) is 27.9 Å². The molecular formula is C22H16Cl2N4O2. The molecule has 1 amide bonds. The van der Waals surface area contributed by atoms with E-state index < -0.39 is 5.91 Å². The molecule has 2 aromatic heterocycles. The molecule has 0 aliphatic carbocycles. The first-order chi connectivity index (χ1) is 14.6. The van der Waals surface area contributed by atoms with Crippen molar-refractivity contribution in [2.45, 2.75) is 6.73 Å². The molecule has 0 unspecified atom stereocenters. The van der Waals surface area contributed by atoms with Crippen molar-refractivity contribution in [3.63, 3.8) is 0 Å². The molecule has 4 rings (SSSR count). The van der Waals surface area contributed by atoms with Crippen LogP contribution in [0.3, 0.4) is 0 Å². The van der Waals surface area contributed by atoms with Crippen LogP contribution in [0.25, 0.3) is 11.1 Å². The highest BCUT2D eigenvalue weighted by Crippen LogP contribution is 2.23. The summed E-state index contributed by atoms with van der Waals surface area (Å²) in [4.78, 5) is 16.4. The Labute approximate surface area is 183 Å². The van der Waals surface area contributed by atoms with E-state index in [9.17, 15) is 4.79 Å². The van der Waals surface area contributed by atoms with Crippen LogP contribution in [0.2, 0.25) is 10.0 Å². The molecule has 30 heavy (non-hydrogen) atoms. The molecule has 0 bridgehead atoms. The number of halogens is 2. The number of hydrogen-bond donors (Lipinski definition) is 1. The second kappa shape index (κ2) is 8.98. The SMILES string of the molecule is O=C(Nc1ncc(Cl)cc1Cl)c1ccn(COc2ccc(-c3ccccc3)cc2)n1. The molecule has 0 saturated carbocycles. The Morgan fingerprint density at radius 2 is 1.73 bits per heavy atom. The number of carbonyl (C=O) groups excluding carboxylic acids is 1. The van der Waals surface area contributed by atoms with E-state index in [1.54, 1.807) is 12.3 Å². The lowest BCUT2D eigenvalue weighted by Gasteiger charge is -2.08. The summed E-state index contributed by atoms with van der Waals surface area (Å²) >= 11 is 11.8. The molecule has 0 fully saturated rings. The van der Waals surface area contributed by atoms with Gasteiger partial charge < -0.3 is 10.1 Å². The van der Waals surface area contributed by atoms with Gasteiger partial charge in [-0.05, 0) is 35.4 Å². The topological polar surface area (TPSA) is 69.0 Å². The Bertz CT molecular complexity index is 1160. The Morgan fingerprint density at radius 1 is 1.00 bits per heavy atom. The van der Waals surface area contributed by atoms with Gasteiger partial charge in [-0.25, -0.2) is 9.67 Å². The number of pyridine rings is 1. The predicted molar refractivity (Wildman–Crippen MR) is 117 cm³/mol. The lowest BCUT2D eigenvalue weighted by Crippen LogP contribution is -2.15. The Hall–Kier alpha value is -3.35. The number of hydrogen-bond acceptors (Lipinski definition) is 4. The van der Waals surface area contributed by atoms with Gasteiger partial charge in [0.1, 0.15) is 5.75 Å². The number of ether oxygens (including phenoxy) is 1. The van der Waals surface area contributed by atoms with E-state index in [1.165, 1.54) is 16.9 Å². The Balaban J connectivity index is 1.36. The molecule has 0 spiro atoms. The molecule has 0 aliphatic heterocycles. The Kier molecular flexibility index (Phi) is 5.97. The van der Waals surface area contributed by atoms with E-state index in [0.29, 0.717) is 10.8 Å². The number of anilines is 1. The van der Waals surface area contributed by atoms with Gasteiger partial charge in [0.2, 0.25) is 0 Å². The quantitative estimate of drug-likeness (QED) is 0.428. The fourth-order valence-electron chi connectivity index (χ4n) is 2.75. The molecular weight excluding hydrogens is 423 g/mol. The van der Waals surface area contributed by atoms with Crippen LogP contribution in [-0.4, -0.2) is 20.7 Å². The summed E-state index contributed by atoms with van der Waals surface area (Å²) in [5.74, 6) is 0.487. The molecule has 150 valence electrons. The van der Waals surface area contributed by atoms with Crippen LogP contribution in [0.15, 0.2) is 79.1 Å². The number of amides is 1. The Morgan fingerprint density at radius 3 is 2.47 bits per heavy atom. The van der Waals surface area contributed by atoms with Crippen molar-refractivity contribution in [2.75, 3.05) is 5.32 Å². The summed E-state index contributed by atoms with van der Waals surface area (Å²) in [6.07, 6.45) is 3.06. The van der Waals surface area contributed by atoms with Crippen LogP contribution in [-0.2, 0) is 6.73 Å². The predicted octanol–water partition coefficient (Wildman–Crippen LogP) is 5.54. The van der Waals surface area contributed by atoms with Crippen molar-refractivity contribution in [3.8, 4) is 16.9 Å². The summed E-state index contributed by atoms with van der Waals surface area (Å²) in [7, 11) is 0. The maximum Gasteiger partial charge on any atom is 0.277 e. The summed E-state index contributed by atoms with van der Waals surface area (Å²) in [6, 6.07) is 21.0. The normalized spacial score (nSPS) is 10.6. The molecule has 1 N–H and O–H groups in total. The fourth-order valence-corrected chi connectivity index (χ4v) is 3.18. The number of nitrogens with one attached hydrogen (secondary N) is 1. The van der Waals surface area contributed by atoms with Crippen molar-refractivity contribution >= 4 is 34.9 Å². The summed E-state index contributed by atoms with van der Waals surface area (Å²) < 4.78 is 7.27. The van der Waals surface area contributed by atoms with Gasteiger partial charge in [-0.3, -0.25) is 4.79 Å². The molecule has 2 heterocycles. The first kappa shape index (κ1) is 19.9. The second-order valence-corrected chi connectivity index (χ2v) is 7.19. The minimum Gasteiger partial charge on any atom is -0.471 e. The molecule has 0 radical (unpaired) electrons. The minimum absolute atomic E-state index is 0.165. The highest BCUT2D eigenvalue weighted by molar-refractivity contribution is 6.36. The lowest BCUT2D eigenvalue weighted by atomic mass is 10.1. The highest BCUT2D eigenvalue weighted by atomic mass is 35.5. The highest BCUT2D eigenvalue weighted by Gasteiger charge is 2.13. The van der Waals surface area contributed by atoms with Crippen molar-refractivity contribution < 1.29 is 9.53 Å². The summed E-state index contributed by atoms with van der Waals surface area (Å²) in [6.45, 7) is 0.165. The smallest absolute Gasteiger partial charge is 0.277 e. The zero-order valence-electron chi connectivity index (χ0n) is 15.6. The third-order valence-corrected chi connectivity index (χ3v) is 4.73. The maximum atomic E-state index is 12.4. The average molecular weight is 439 g/mol. The molecule has 6 nitrogen and oxygen atoms in total. The molecule has 4 aromatic rings. The van der Waals surface area contributed by atoms with Crippen LogP contribution >= 0.6 is 23.2 Å². The number of nitrogens with zero attached hydrogens (tertiary/aromatic N) is 3. The second-order valence-electron chi connectivity index (χ2n) is 6.34. The average Bonchev–Trinajstić information content (AvgIpc) is 3.24. The van der Waals surface area contributed by atoms with Gasteiger partial charge in [-0.15, -0.1) is 0 Å². The molecule has 0 aliphatic rings. The van der Waals surface area contributed by atoms with Gasteiger partial charge in [-0.1, -0.05) is 65.7 Å². The standard InChI is InChI=1S/C22H16Cl2N4O2/c23-17-12-19(24)21(25-13-17)26-22(29)20-10-11-28(27-20)14-30-18-8-6-16(7-9-18)15-4-2-1-3-5-15/h1-13H,14H2,(H,25,26,29). The molecule has 0 saturated heterocycles. The number of benzene rings is 2. The fraction of sp³-hybridized carbons (Fsp3) is 0.0455. The van der Waals surface area contributed by atoms with Crippen molar-refractivity contribution in [2.24, 2.45) is 0 Å². The van der Waals surface area contributed by atoms with Crippen LogP contribution in [0.1, 0.15) is 10.5 Å². The molecule has 0 atom stereocenters. The number of carbonyl (C=O) groups is 1. The zero-order valence-corrected chi connectivity index (χ0v) is 17.1.